The fraction of sp³-hybridized carbons (Fsp3) is 0.400. The molecule has 0 aliphatic carbocycles. The van der Waals surface area contributed by atoms with Gasteiger partial charge in [-0.1, -0.05) is 110 Å². The normalized spacial score (nSPS) is 20.2. The van der Waals surface area contributed by atoms with Gasteiger partial charge < -0.3 is 40.5 Å². The van der Waals surface area contributed by atoms with Crippen LogP contribution in [0.3, 0.4) is 0 Å². The molecule has 6 unspecified atom stereocenters. The fourth-order valence-electron chi connectivity index (χ4n) is 10.4. The first-order valence-electron chi connectivity index (χ1n) is 28.1. The van der Waals surface area contributed by atoms with Crippen molar-refractivity contribution in [3.05, 3.63) is 120 Å². The molecule has 0 spiro atoms. The minimum Gasteiger partial charge on any atom is -0.860 e. The van der Waals surface area contributed by atoms with Gasteiger partial charge in [-0.3, -0.25) is 9.11 Å². The van der Waals surface area contributed by atoms with Gasteiger partial charge in [0.05, 0.1) is 61.3 Å². The second-order valence-corrected chi connectivity index (χ2v) is 26.7. The number of nitrogens with one attached hydrogen (secondary N) is 2. The maximum absolute atomic E-state index is 12.5. The predicted octanol–water partition coefficient (Wildman–Crippen LogP) is 2.50. The number of unbranched alkanes of at least 4 members (excludes halogenated alkanes) is 4. The molecule has 6 N–H and O–H groups in total. The van der Waals surface area contributed by atoms with Crippen molar-refractivity contribution < 1.29 is 115 Å². The van der Waals surface area contributed by atoms with Gasteiger partial charge >= 0.3 is 59.1 Å². The van der Waals surface area contributed by atoms with Crippen LogP contribution in [0.15, 0.2) is 140 Å². The van der Waals surface area contributed by atoms with E-state index in [0.29, 0.717) is 71.7 Å². The molecule has 4 aliphatic rings. The summed E-state index contributed by atoms with van der Waals surface area (Å²) in [4.78, 5) is 8.45. The van der Waals surface area contributed by atoms with Crippen molar-refractivity contribution in [2.24, 2.45) is 30.4 Å². The quantitative estimate of drug-likeness (QED) is 0.00961. The van der Waals surface area contributed by atoms with Gasteiger partial charge in [0, 0.05) is 33.1 Å². The van der Waals surface area contributed by atoms with Crippen LogP contribution in [0.4, 0.5) is 0 Å². The second-order valence-electron chi connectivity index (χ2n) is 21.0. The van der Waals surface area contributed by atoms with E-state index in [-0.39, 0.29) is 133 Å². The van der Waals surface area contributed by atoms with Crippen LogP contribution in [0, 0.1) is 0 Å². The summed E-state index contributed by atoms with van der Waals surface area (Å²) in [6, 6.07) is 35.3. The van der Waals surface area contributed by atoms with Gasteiger partial charge in [0.1, 0.15) is 11.5 Å². The van der Waals surface area contributed by atoms with Gasteiger partial charge in [0.15, 0.2) is 0 Å². The van der Waals surface area contributed by atoms with Crippen LogP contribution >= 0.6 is 23.5 Å². The van der Waals surface area contributed by atoms with Crippen molar-refractivity contribution in [2.45, 2.75) is 112 Å². The Balaban J connectivity index is 0.00000529. The number of amidine groups is 2. The van der Waals surface area contributed by atoms with Crippen molar-refractivity contribution in [3.63, 3.8) is 0 Å². The number of aliphatic hydroxyl groups is 2. The molecule has 0 aromatic heterocycles. The molecule has 2 saturated heterocycles. The standard InChI is InChI=1S/C60H70N8O12S4.2Na/c69-55(11-3-1-9-53-57-49(37-81-53)63-59(71)65-57)67-61-35-39-13-17-41(18-14-39)43-21-25-45(26-22-43)47-33-52(80-30-6-8-32-84(76,77)78)48(34-51(47)79-29-5-7-31-83(73,74)75)46-27-23-44(24-28-46)42-19-15-40(16-20-42)36-62-68-56(70)12-4-2-10-54-58-50(38-82-54)64-60(72)66-58;;/h13-28,33-36,49-50,53-54,57-58H,1-12,29-32,37-38H2,(H,67,69)(H,68,70)(H2,63,65,71)(H2,64,66,72)(H,73,74,75)(H,76,77,78);;/q;2*+1/p-2/b61-35-,62-36-;;. The van der Waals surface area contributed by atoms with E-state index in [0.717, 1.165) is 81.7 Å². The number of ether oxygens (including phenoxy) is 2. The molecular weight excluding hydrogens is 1200 g/mol. The van der Waals surface area contributed by atoms with Crippen molar-refractivity contribution in [3.8, 4) is 56.0 Å². The molecule has 2 fully saturated rings. The molecule has 4 heterocycles. The molecular formula is C60H68N8Na2O12S4. The van der Waals surface area contributed by atoms with Gasteiger partial charge in [-0.05, 0) is 133 Å². The van der Waals surface area contributed by atoms with Crippen LogP contribution in [0.1, 0.15) is 88.2 Å². The van der Waals surface area contributed by atoms with Gasteiger partial charge in [-0.2, -0.15) is 60.8 Å². The van der Waals surface area contributed by atoms with E-state index >= 15 is 0 Å². The maximum atomic E-state index is 12.5. The Morgan fingerprint density at radius 3 is 1.24 bits per heavy atom. The van der Waals surface area contributed by atoms with Crippen LogP contribution in [0.5, 0.6) is 11.5 Å². The van der Waals surface area contributed by atoms with E-state index in [9.17, 15) is 46.4 Å². The minimum absolute atomic E-state index is 0. The Morgan fingerprint density at radius 2 is 0.884 bits per heavy atom. The van der Waals surface area contributed by atoms with E-state index < -0.39 is 31.7 Å². The molecule has 0 saturated carbocycles. The van der Waals surface area contributed by atoms with Crippen molar-refractivity contribution in [1.82, 2.24) is 10.6 Å². The molecule has 446 valence electrons. The number of hydrogen-bond acceptors (Lipinski definition) is 18. The summed E-state index contributed by atoms with van der Waals surface area (Å²) in [6.45, 7) is 0.283. The predicted molar refractivity (Wildman–Crippen MR) is 332 cm³/mol. The molecule has 86 heavy (non-hydrogen) atoms. The molecule has 5 aromatic carbocycles. The van der Waals surface area contributed by atoms with Crippen LogP contribution in [-0.4, -0.2) is 143 Å². The summed E-state index contributed by atoms with van der Waals surface area (Å²) in [6.07, 6.45) is 9.71. The number of thioether (sulfide) groups is 2. The van der Waals surface area contributed by atoms with Gasteiger partial charge in [0.2, 0.25) is 0 Å². The summed E-state index contributed by atoms with van der Waals surface area (Å²) in [5, 5.41) is 67.0. The fourth-order valence-corrected chi connectivity index (χ4v) is 14.6. The van der Waals surface area contributed by atoms with Gasteiger partial charge in [-0.15, -0.1) is 0 Å². The summed E-state index contributed by atoms with van der Waals surface area (Å²) in [5.74, 6) is 1.36. The number of fused-ring (bicyclic) bond motifs is 2. The Kier molecular flexibility index (Phi) is 26.3. The van der Waals surface area contributed by atoms with E-state index in [1.165, 1.54) is 0 Å². The molecule has 0 bridgehead atoms. The molecule has 5 aromatic rings. The average Bonchev–Trinajstić information content (AvgIpc) is 1.14. The van der Waals surface area contributed by atoms with Crippen molar-refractivity contribution in [1.29, 1.82) is 0 Å². The monoisotopic (exact) mass is 1270 g/mol. The van der Waals surface area contributed by atoms with E-state index in [4.69, 9.17) is 9.47 Å². The average molecular weight is 1270 g/mol. The zero-order valence-corrected chi connectivity index (χ0v) is 55.4. The Morgan fingerprint density at radius 1 is 0.535 bits per heavy atom. The first-order valence-corrected chi connectivity index (χ1v) is 33.4. The maximum Gasteiger partial charge on any atom is 1.00 e. The third kappa shape index (κ3) is 20.6. The molecule has 0 amide bonds. The molecule has 0 radical (unpaired) electrons. The number of rotatable bonds is 30. The molecule has 6 atom stereocenters. The van der Waals surface area contributed by atoms with Gasteiger partial charge in [0.25, 0.3) is 32.3 Å². The van der Waals surface area contributed by atoms with Crippen molar-refractivity contribution in [2.75, 3.05) is 36.2 Å². The van der Waals surface area contributed by atoms with Crippen LogP contribution < -0.4 is 89.4 Å². The zero-order valence-electron chi connectivity index (χ0n) is 48.1. The third-order valence-electron chi connectivity index (χ3n) is 14.8. The molecule has 20 nitrogen and oxygen atoms in total. The largest absolute Gasteiger partial charge is 1.00 e. The van der Waals surface area contributed by atoms with Crippen LogP contribution in [-0.2, 0) is 20.2 Å². The molecule has 9 rings (SSSR count). The molecule has 26 heteroatoms. The summed E-state index contributed by atoms with van der Waals surface area (Å²) >= 11 is 3.70. The smallest absolute Gasteiger partial charge is 0.860 e. The zero-order chi connectivity index (χ0) is 59.1. The third-order valence-corrected chi connectivity index (χ3v) is 19.4. The summed E-state index contributed by atoms with van der Waals surface area (Å²) < 4.78 is 77.5. The topological polar surface area (TPSA) is 312 Å². The Bertz CT molecular complexity index is 3240. The van der Waals surface area contributed by atoms with Gasteiger partial charge in [-0.25, -0.2) is 9.98 Å². The SMILES string of the molecule is O=S(=O)(O)CCCCOc1cc(-c2ccc(-c3ccc(/C=N\N=C([O-])CCCCC4SCC5N=C(O)NC54)cc3)cc2)c(OCCCCS(=O)(=O)O)cc1-c1ccc(-c2ccc(/C=N\N=C([O-])CCCCC3SCC4N=C(O)NC43)cc2)cc1.[Na+].[Na+]. The summed E-state index contributed by atoms with van der Waals surface area (Å²) in [7, 11) is -8.31. The second kappa shape index (κ2) is 33.0. The molecule has 4 aliphatic heterocycles. The van der Waals surface area contributed by atoms with Crippen molar-refractivity contribution >= 4 is 80.0 Å². The van der Waals surface area contributed by atoms with Crippen LogP contribution in [0.25, 0.3) is 44.5 Å². The number of hydrogen-bond donors (Lipinski definition) is 6. The Hall–Kier alpha value is -4.96. The van der Waals surface area contributed by atoms with Crippen LogP contribution in [0.2, 0.25) is 0 Å². The van der Waals surface area contributed by atoms with E-state index in [1.54, 1.807) is 12.4 Å². The first kappa shape index (κ1) is 68.5. The first-order chi connectivity index (χ1) is 40.5. The van der Waals surface area contributed by atoms with E-state index in [1.807, 2.05) is 133 Å². The summed E-state index contributed by atoms with van der Waals surface area (Å²) in [5.41, 5.74) is 8.14. The number of aliphatic imine (C=N–C) groups is 2. The number of nitrogens with zero attached hydrogens (tertiary/aromatic N) is 6. The van der Waals surface area contributed by atoms with E-state index in [2.05, 4.69) is 41.0 Å². The number of aliphatic hydroxyl groups excluding tert-OH is 2. The minimum atomic E-state index is -4.16. The Labute approximate surface area is 555 Å². The number of benzene rings is 5.